The Morgan fingerprint density at radius 2 is 2.00 bits per heavy atom. The second-order valence-corrected chi connectivity index (χ2v) is 6.21. The molecule has 1 fully saturated rings. The van der Waals surface area contributed by atoms with Crippen molar-refractivity contribution in [2.75, 3.05) is 18.0 Å². The molecule has 1 atom stereocenters. The molecular formula is C17H19ClN4O. The van der Waals surface area contributed by atoms with Gasteiger partial charge in [0.1, 0.15) is 5.82 Å². The van der Waals surface area contributed by atoms with Crippen LogP contribution in [0, 0.1) is 0 Å². The highest BCUT2D eigenvalue weighted by atomic mass is 35.5. The Kier molecular flexibility index (Phi) is 4.48. The number of hydrogen-bond acceptors (Lipinski definition) is 4. The van der Waals surface area contributed by atoms with E-state index in [1.54, 1.807) is 6.20 Å². The van der Waals surface area contributed by atoms with Gasteiger partial charge in [0, 0.05) is 32.1 Å². The van der Waals surface area contributed by atoms with Crippen LogP contribution in [0.3, 0.4) is 0 Å². The molecule has 1 saturated heterocycles. The molecule has 23 heavy (non-hydrogen) atoms. The summed E-state index contributed by atoms with van der Waals surface area (Å²) in [5.41, 5.74) is 2.42. The SMILES string of the molecule is CC(=O)N[C@@H](C)c1ccc(C2CN(c3ccnc(Cl)n3)C2)cc1. The van der Waals surface area contributed by atoms with Crippen LogP contribution < -0.4 is 10.2 Å². The fourth-order valence-electron chi connectivity index (χ4n) is 2.82. The molecule has 3 rings (SSSR count). The zero-order chi connectivity index (χ0) is 16.4. The second-order valence-electron chi connectivity index (χ2n) is 5.87. The third kappa shape index (κ3) is 3.62. The summed E-state index contributed by atoms with van der Waals surface area (Å²) >= 11 is 5.83. The molecule has 0 spiro atoms. The van der Waals surface area contributed by atoms with Crippen molar-refractivity contribution in [3.05, 3.63) is 52.9 Å². The minimum Gasteiger partial charge on any atom is -0.355 e. The average molecular weight is 331 g/mol. The maximum Gasteiger partial charge on any atom is 0.224 e. The number of nitrogens with zero attached hydrogens (tertiary/aromatic N) is 3. The third-order valence-electron chi connectivity index (χ3n) is 4.14. The Hall–Kier alpha value is -2.14. The van der Waals surface area contributed by atoms with Crippen molar-refractivity contribution in [2.45, 2.75) is 25.8 Å². The van der Waals surface area contributed by atoms with Crippen LogP contribution in [0.5, 0.6) is 0 Å². The van der Waals surface area contributed by atoms with E-state index in [-0.39, 0.29) is 17.2 Å². The summed E-state index contributed by atoms with van der Waals surface area (Å²) in [7, 11) is 0. The van der Waals surface area contributed by atoms with Gasteiger partial charge in [0.25, 0.3) is 0 Å². The molecule has 0 aliphatic carbocycles. The summed E-state index contributed by atoms with van der Waals surface area (Å²) in [6.45, 7) is 5.37. The van der Waals surface area contributed by atoms with E-state index in [0.717, 1.165) is 24.5 Å². The van der Waals surface area contributed by atoms with Gasteiger partial charge in [0.15, 0.2) is 0 Å². The van der Waals surface area contributed by atoms with E-state index >= 15 is 0 Å². The molecule has 5 nitrogen and oxygen atoms in total. The van der Waals surface area contributed by atoms with Crippen LogP contribution in [0.4, 0.5) is 5.82 Å². The molecule has 2 aromatic rings. The standard InChI is InChI=1S/C17H19ClN4O/c1-11(20-12(2)23)13-3-5-14(6-4-13)15-9-22(10-15)16-7-8-19-17(18)21-16/h3-8,11,15H,9-10H2,1-2H3,(H,20,23)/t11-/m0/s1. The van der Waals surface area contributed by atoms with E-state index in [0.29, 0.717) is 5.92 Å². The van der Waals surface area contributed by atoms with Crippen LogP contribution in [0.15, 0.2) is 36.5 Å². The van der Waals surface area contributed by atoms with Gasteiger partial charge in [-0.25, -0.2) is 9.97 Å². The van der Waals surface area contributed by atoms with Gasteiger partial charge in [0.05, 0.1) is 6.04 Å². The van der Waals surface area contributed by atoms with Crippen LogP contribution >= 0.6 is 11.6 Å². The van der Waals surface area contributed by atoms with Crippen molar-refractivity contribution in [3.63, 3.8) is 0 Å². The topological polar surface area (TPSA) is 58.1 Å². The average Bonchev–Trinajstić information content (AvgIpc) is 2.46. The number of nitrogens with one attached hydrogen (secondary N) is 1. The normalized spacial score (nSPS) is 15.9. The maximum atomic E-state index is 11.1. The van der Waals surface area contributed by atoms with E-state index in [1.807, 2.05) is 13.0 Å². The molecule has 1 amide bonds. The van der Waals surface area contributed by atoms with Gasteiger partial charge >= 0.3 is 0 Å². The number of benzene rings is 1. The van der Waals surface area contributed by atoms with E-state index in [4.69, 9.17) is 11.6 Å². The smallest absolute Gasteiger partial charge is 0.224 e. The van der Waals surface area contributed by atoms with E-state index < -0.39 is 0 Å². The fourth-order valence-corrected chi connectivity index (χ4v) is 2.97. The molecule has 1 aliphatic heterocycles. The minimum absolute atomic E-state index is 0.0141. The van der Waals surface area contributed by atoms with Crippen LogP contribution in [0.25, 0.3) is 0 Å². The van der Waals surface area contributed by atoms with Crippen LogP contribution in [-0.4, -0.2) is 29.0 Å². The molecule has 1 N–H and O–H groups in total. The Morgan fingerprint density at radius 1 is 1.30 bits per heavy atom. The number of hydrogen-bond donors (Lipinski definition) is 1. The predicted octanol–water partition coefficient (Wildman–Crippen LogP) is 2.93. The van der Waals surface area contributed by atoms with Crippen molar-refractivity contribution in [3.8, 4) is 0 Å². The zero-order valence-corrected chi connectivity index (χ0v) is 13.9. The Labute approximate surface area is 140 Å². The highest BCUT2D eigenvalue weighted by Crippen LogP contribution is 2.31. The molecule has 1 aliphatic rings. The number of amides is 1. The molecule has 1 aromatic carbocycles. The Bertz CT molecular complexity index is 698. The van der Waals surface area contributed by atoms with Gasteiger partial charge in [-0.3, -0.25) is 4.79 Å². The minimum atomic E-state index is -0.0141. The molecule has 6 heteroatoms. The molecule has 2 heterocycles. The van der Waals surface area contributed by atoms with Gasteiger partial charge < -0.3 is 10.2 Å². The lowest BCUT2D eigenvalue weighted by Crippen LogP contribution is -2.45. The van der Waals surface area contributed by atoms with Gasteiger partial charge in [0.2, 0.25) is 11.2 Å². The first-order chi connectivity index (χ1) is 11.0. The zero-order valence-electron chi connectivity index (χ0n) is 13.2. The molecule has 0 radical (unpaired) electrons. The van der Waals surface area contributed by atoms with Crippen LogP contribution in [-0.2, 0) is 4.79 Å². The molecular weight excluding hydrogens is 312 g/mol. The van der Waals surface area contributed by atoms with Crippen molar-refractivity contribution in [1.82, 2.24) is 15.3 Å². The Balaban J connectivity index is 1.61. The van der Waals surface area contributed by atoms with E-state index in [2.05, 4.69) is 44.5 Å². The van der Waals surface area contributed by atoms with Crippen molar-refractivity contribution in [1.29, 1.82) is 0 Å². The Morgan fingerprint density at radius 3 is 2.61 bits per heavy atom. The summed E-state index contributed by atoms with van der Waals surface area (Å²) in [5.74, 6) is 1.35. The van der Waals surface area contributed by atoms with Crippen molar-refractivity contribution in [2.24, 2.45) is 0 Å². The first-order valence-electron chi connectivity index (χ1n) is 7.63. The number of carbonyl (C=O) groups is 1. The van der Waals surface area contributed by atoms with Crippen LogP contribution in [0.2, 0.25) is 5.28 Å². The largest absolute Gasteiger partial charge is 0.355 e. The molecule has 0 bridgehead atoms. The highest BCUT2D eigenvalue weighted by Gasteiger charge is 2.29. The monoisotopic (exact) mass is 330 g/mol. The number of anilines is 1. The number of rotatable bonds is 4. The fraction of sp³-hybridized carbons (Fsp3) is 0.353. The van der Waals surface area contributed by atoms with Crippen molar-refractivity contribution >= 4 is 23.3 Å². The van der Waals surface area contributed by atoms with Crippen LogP contribution in [0.1, 0.15) is 36.9 Å². The van der Waals surface area contributed by atoms with E-state index in [1.165, 1.54) is 12.5 Å². The number of carbonyl (C=O) groups excluding carboxylic acids is 1. The number of halogens is 1. The lowest BCUT2D eigenvalue weighted by molar-refractivity contribution is -0.119. The molecule has 0 unspecified atom stereocenters. The third-order valence-corrected chi connectivity index (χ3v) is 4.33. The summed E-state index contributed by atoms with van der Waals surface area (Å²) in [6, 6.07) is 10.4. The van der Waals surface area contributed by atoms with Gasteiger partial charge in [-0.05, 0) is 35.7 Å². The van der Waals surface area contributed by atoms with Gasteiger partial charge in [-0.15, -0.1) is 0 Å². The second kappa shape index (κ2) is 6.54. The van der Waals surface area contributed by atoms with Crippen molar-refractivity contribution < 1.29 is 4.79 Å². The lowest BCUT2D eigenvalue weighted by atomic mass is 9.90. The summed E-state index contributed by atoms with van der Waals surface area (Å²) < 4.78 is 0. The number of aromatic nitrogens is 2. The molecule has 1 aromatic heterocycles. The predicted molar refractivity (Wildman–Crippen MR) is 90.7 cm³/mol. The van der Waals surface area contributed by atoms with E-state index in [9.17, 15) is 4.79 Å². The summed E-state index contributed by atoms with van der Waals surface area (Å²) in [6.07, 6.45) is 1.68. The first-order valence-corrected chi connectivity index (χ1v) is 8.01. The van der Waals surface area contributed by atoms with Gasteiger partial charge in [-0.1, -0.05) is 24.3 Å². The van der Waals surface area contributed by atoms with Gasteiger partial charge in [-0.2, -0.15) is 0 Å². The summed E-state index contributed by atoms with van der Waals surface area (Å²) in [5, 5.41) is 3.18. The highest BCUT2D eigenvalue weighted by molar-refractivity contribution is 6.28. The maximum absolute atomic E-state index is 11.1. The summed E-state index contributed by atoms with van der Waals surface area (Å²) in [4.78, 5) is 21.4. The molecule has 0 saturated carbocycles. The quantitative estimate of drug-likeness (QED) is 0.876. The first kappa shape index (κ1) is 15.7. The molecule has 120 valence electrons. The lowest BCUT2D eigenvalue weighted by Gasteiger charge is -2.40.